The van der Waals surface area contributed by atoms with Gasteiger partial charge in [0, 0.05) is 75.7 Å². The van der Waals surface area contributed by atoms with Crippen LogP contribution in [0.15, 0.2) is 84.9 Å². The molecule has 0 radical (unpaired) electrons. The van der Waals surface area contributed by atoms with E-state index in [0.717, 1.165) is 117 Å². The van der Waals surface area contributed by atoms with E-state index in [-0.39, 0.29) is 35.7 Å². The molecule has 288 valence electrons. The van der Waals surface area contributed by atoms with Crippen molar-refractivity contribution in [1.82, 2.24) is 15.1 Å². The minimum Gasteiger partial charge on any atom is -0.508 e. The summed E-state index contributed by atoms with van der Waals surface area (Å²) in [7, 11) is 0. The third kappa shape index (κ3) is 7.18. The lowest BCUT2D eigenvalue weighted by molar-refractivity contribution is -0.136. The molecule has 56 heavy (non-hydrogen) atoms. The fraction of sp³-hybridized carbons (Fsp3) is 0.370. The van der Waals surface area contributed by atoms with Crippen molar-refractivity contribution in [2.45, 2.75) is 57.5 Å². The van der Waals surface area contributed by atoms with Crippen molar-refractivity contribution in [3.05, 3.63) is 124 Å². The number of anilines is 2. The summed E-state index contributed by atoms with van der Waals surface area (Å²) in [4.78, 5) is 46.4. The van der Waals surface area contributed by atoms with Gasteiger partial charge in [-0.05, 0) is 138 Å². The number of allylic oxidation sites excluding steroid dienone is 1. The van der Waals surface area contributed by atoms with E-state index in [4.69, 9.17) is 0 Å². The first kappa shape index (κ1) is 36.2. The van der Waals surface area contributed by atoms with E-state index in [1.165, 1.54) is 23.4 Å². The third-order valence-corrected chi connectivity index (χ3v) is 12.6. The molecule has 10 heteroatoms. The summed E-state index contributed by atoms with van der Waals surface area (Å²) >= 11 is 0. The number of rotatable bonds is 7. The van der Waals surface area contributed by atoms with Crippen molar-refractivity contribution in [2.75, 3.05) is 55.6 Å². The second kappa shape index (κ2) is 15.2. The van der Waals surface area contributed by atoms with E-state index < -0.39 is 6.04 Å². The van der Waals surface area contributed by atoms with Crippen LogP contribution in [0.5, 0.6) is 5.75 Å². The van der Waals surface area contributed by atoms with Crippen LogP contribution in [-0.2, 0) is 22.6 Å². The predicted molar refractivity (Wildman–Crippen MR) is 216 cm³/mol. The third-order valence-electron chi connectivity index (χ3n) is 12.6. The van der Waals surface area contributed by atoms with Gasteiger partial charge in [0.05, 0.1) is 0 Å². The van der Waals surface area contributed by atoms with Crippen molar-refractivity contribution in [1.29, 1.82) is 0 Å². The molecule has 4 aromatic rings. The molecule has 3 fully saturated rings. The number of imide groups is 1. The fourth-order valence-corrected chi connectivity index (χ4v) is 9.57. The molecule has 0 aromatic heterocycles. The number of fused-ring (bicyclic) bond motifs is 2. The predicted octanol–water partition coefficient (Wildman–Crippen LogP) is 6.63. The number of piperazine rings is 1. The van der Waals surface area contributed by atoms with Crippen molar-refractivity contribution < 1.29 is 23.9 Å². The smallest absolute Gasteiger partial charge is 0.255 e. The zero-order chi connectivity index (χ0) is 38.3. The lowest BCUT2D eigenvalue weighted by Gasteiger charge is -2.40. The molecule has 5 aliphatic rings. The maximum atomic E-state index is 13.9. The van der Waals surface area contributed by atoms with Crippen LogP contribution in [0, 0.1) is 11.7 Å². The summed E-state index contributed by atoms with van der Waals surface area (Å²) in [5, 5.41) is 12.7. The number of phenols is 1. The molecule has 4 aliphatic heterocycles. The molecule has 2 N–H and O–H groups in total. The van der Waals surface area contributed by atoms with Crippen LogP contribution in [0.4, 0.5) is 15.8 Å². The van der Waals surface area contributed by atoms with Gasteiger partial charge in [-0.25, -0.2) is 4.39 Å². The normalized spacial score (nSPS) is 20.9. The van der Waals surface area contributed by atoms with Gasteiger partial charge in [-0.15, -0.1) is 0 Å². The number of hydrogen-bond donors (Lipinski definition) is 2. The van der Waals surface area contributed by atoms with Crippen LogP contribution in [0.3, 0.4) is 0 Å². The number of aromatic hydroxyl groups is 1. The highest BCUT2D eigenvalue weighted by Gasteiger charge is 2.39. The number of hydrogen-bond acceptors (Lipinski definition) is 7. The number of phenolic OH excluding ortho intramolecular Hbond substituents is 1. The molecule has 3 saturated heterocycles. The summed E-state index contributed by atoms with van der Waals surface area (Å²) in [6.07, 6.45) is 5.65. The van der Waals surface area contributed by atoms with Gasteiger partial charge < -0.3 is 19.8 Å². The number of carbonyl (C=O) groups excluding carboxylic acids is 3. The Kier molecular flexibility index (Phi) is 9.83. The first-order valence-electron chi connectivity index (χ1n) is 20.2. The summed E-state index contributed by atoms with van der Waals surface area (Å²) in [6.45, 7) is 7.42. The second-order valence-electron chi connectivity index (χ2n) is 16.1. The molecule has 4 aromatic carbocycles. The number of nitrogens with one attached hydrogen (secondary N) is 1. The molecule has 4 heterocycles. The molecule has 0 unspecified atom stereocenters. The Labute approximate surface area is 327 Å². The monoisotopic (exact) mass is 753 g/mol. The lowest BCUT2D eigenvalue weighted by Crippen LogP contribution is -2.52. The number of benzene rings is 4. The Morgan fingerprint density at radius 1 is 0.679 bits per heavy atom. The minimum absolute atomic E-state index is 0.132. The Bertz CT molecular complexity index is 2190. The van der Waals surface area contributed by atoms with Gasteiger partial charge in [-0.1, -0.05) is 30.3 Å². The maximum Gasteiger partial charge on any atom is 0.255 e. The first-order valence-corrected chi connectivity index (χ1v) is 20.2. The van der Waals surface area contributed by atoms with Gasteiger partial charge in [0.25, 0.3) is 5.91 Å². The van der Waals surface area contributed by atoms with Gasteiger partial charge in [0.15, 0.2) is 0 Å². The van der Waals surface area contributed by atoms with E-state index >= 15 is 0 Å². The highest BCUT2D eigenvalue weighted by Crippen LogP contribution is 2.41. The number of nitrogens with zero attached hydrogens (tertiary/aromatic N) is 4. The molecule has 1 aliphatic carbocycles. The summed E-state index contributed by atoms with van der Waals surface area (Å²) in [5.74, 6) is -0.0813. The highest BCUT2D eigenvalue weighted by atomic mass is 19.1. The molecular formula is C46H48FN5O4. The van der Waals surface area contributed by atoms with E-state index in [2.05, 4.69) is 50.3 Å². The van der Waals surface area contributed by atoms with E-state index in [9.17, 15) is 23.9 Å². The molecule has 0 spiro atoms. The SMILES string of the molecule is O=C1CC[C@H](N2Cc3cc(N4CCN(CC5CCN(c6ccc(C7=C(c8ccc(F)cc8)CCCc8cc(O)ccc87)cc6)CC5)CC4)ccc3C2=O)C(=O)N1. The highest BCUT2D eigenvalue weighted by molar-refractivity contribution is 6.05. The molecular weight excluding hydrogens is 706 g/mol. The van der Waals surface area contributed by atoms with Gasteiger partial charge in [0.2, 0.25) is 11.8 Å². The van der Waals surface area contributed by atoms with Crippen LogP contribution in [0.2, 0.25) is 0 Å². The largest absolute Gasteiger partial charge is 0.508 e. The fourth-order valence-electron chi connectivity index (χ4n) is 9.57. The zero-order valence-corrected chi connectivity index (χ0v) is 31.7. The molecule has 0 bridgehead atoms. The standard InChI is InChI=1S/C46H48FN5O4/c47-35-8-4-31(5-9-35)39-3-1-2-33-27-38(53)13-15-40(33)44(39)32-6-10-36(11-7-32)50-20-18-30(19-21-50)28-49-22-24-51(25-23-49)37-12-14-41-34(26-37)29-52(46(41)56)42-16-17-43(54)48-45(42)55/h4-15,26-27,30,42,53H,1-3,16-25,28-29H2,(H,48,54,55)/t42-/m0/s1. The number of amides is 3. The summed E-state index contributed by atoms with van der Waals surface area (Å²) in [6, 6.07) is 26.9. The van der Waals surface area contributed by atoms with Crippen molar-refractivity contribution in [3.8, 4) is 5.75 Å². The molecule has 9 nitrogen and oxygen atoms in total. The van der Waals surface area contributed by atoms with Crippen LogP contribution in [-0.4, -0.2) is 84.5 Å². The topological polar surface area (TPSA) is 96.4 Å². The quantitative estimate of drug-likeness (QED) is 0.205. The summed E-state index contributed by atoms with van der Waals surface area (Å²) in [5.41, 5.74) is 10.8. The minimum atomic E-state index is -0.597. The number of aryl methyl sites for hydroxylation is 1. The van der Waals surface area contributed by atoms with E-state index in [0.29, 0.717) is 24.4 Å². The van der Waals surface area contributed by atoms with E-state index in [1.54, 1.807) is 11.0 Å². The Balaban J connectivity index is 0.802. The maximum absolute atomic E-state index is 13.9. The van der Waals surface area contributed by atoms with Gasteiger partial charge in [-0.3, -0.25) is 24.6 Å². The number of carbonyl (C=O) groups is 3. The molecule has 9 rings (SSSR count). The van der Waals surface area contributed by atoms with Crippen molar-refractivity contribution in [3.63, 3.8) is 0 Å². The van der Waals surface area contributed by atoms with Gasteiger partial charge in [0.1, 0.15) is 17.6 Å². The van der Waals surface area contributed by atoms with Crippen molar-refractivity contribution >= 4 is 40.2 Å². The molecule has 3 amide bonds. The Morgan fingerprint density at radius 3 is 2.12 bits per heavy atom. The average Bonchev–Trinajstić information content (AvgIpc) is 3.41. The Hall–Kier alpha value is -5.48. The second-order valence-corrected chi connectivity index (χ2v) is 16.1. The van der Waals surface area contributed by atoms with E-state index in [1.807, 2.05) is 36.4 Å². The van der Waals surface area contributed by atoms with Crippen LogP contribution >= 0.6 is 0 Å². The van der Waals surface area contributed by atoms with Crippen LogP contribution in [0.1, 0.15) is 76.7 Å². The van der Waals surface area contributed by atoms with Crippen molar-refractivity contribution in [2.24, 2.45) is 5.92 Å². The number of halogens is 1. The summed E-state index contributed by atoms with van der Waals surface area (Å²) < 4.78 is 13.9. The van der Waals surface area contributed by atoms with Crippen LogP contribution < -0.4 is 15.1 Å². The lowest BCUT2D eigenvalue weighted by atomic mass is 9.87. The Morgan fingerprint density at radius 2 is 1.38 bits per heavy atom. The molecule has 1 atom stereocenters. The zero-order valence-electron chi connectivity index (χ0n) is 31.7. The number of piperidine rings is 2. The average molecular weight is 754 g/mol. The first-order chi connectivity index (χ1) is 27.3. The van der Waals surface area contributed by atoms with Gasteiger partial charge >= 0.3 is 0 Å². The van der Waals surface area contributed by atoms with Gasteiger partial charge in [-0.2, -0.15) is 0 Å². The van der Waals surface area contributed by atoms with Crippen LogP contribution in [0.25, 0.3) is 11.1 Å². The molecule has 0 saturated carbocycles.